The van der Waals surface area contributed by atoms with Gasteiger partial charge in [0.2, 0.25) is 0 Å². The predicted octanol–water partition coefficient (Wildman–Crippen LogP) is 5.45. The van der Waals surface area contributed by atoms with Gasteiger partial charge in [0, 0.05) is 36.6 Å². The molecule has 0 unspecified atom stereocenters. The zero-order valence-corrected chi connectivity index (χ0v) is 25.6. The zero-order chi connectivity index (χ0) is 31.7. The Bertz CT molecular complexity index is 1740. The second-order valence-corrected chi connectivity index (χ2v) is 12.5. The molecule has 2 aromatic heterocycles. The van der Waals surface area contributed by atoms with Crippen LogP contribution < -0.4 is 10.9 Å². The van der Waals surface area contributed by atoms with Crippen molar-refractivity contribution in [3.63, 3.8) is 0 Å². The molecule has 2 amide bonds. The normalized spacial score (nSPS) is 19.4. The van der Waals surface area contributed by atoms with E-state index >= 15 is 0 Å². The van der Waals surface area contributed by atoms with E-state index in [9.17, 15) is 23.5 Å². The molecule has 2 aliphatic rings. The van der Waals surface area contributed by atoms with E-state index < -0.39 is 23.3 Å². The van der Waals surface area contributed by atoms with Gasteiger partial charge < -0.3 is 29.6 Å². The van der Waals surface area contributed by atoms with Gasteiger partial charge in [0.25, 0.3) is 5.56 Å². The second-order valence-electron chi connectivity index (χ2n) is 12.5. The summed E-state index contributed by atoms with van der Waals surface area (Å²) in [5.41, 5.74) is 1.63. The molecule has 0 saturated carbocycles. The summed E-state index contributed by atoms with van der Waals surface area (Å²) in [6, 6.07) is 13.2. The summed E-state index contributed by atoms with van der Waals surface area (Å²) < 4.78 is 37.1. The number of urea groups is 1. The fourth-order valence-corrected chi connectivity index (χ4v) is 6.85. The third kappa shape index (κ3) is 6.24. The number of halogens is 2. The summed E-state index contributed by atoms with van der Waals surface area (Å²) in [6.07, 6.45) is 4.00. The van der Waals surface area contributed by atoms with Crippen molar-refractivity contribution in [2.45, 2.75) is 69.6 Å². The highest BCUT2D eigenvalue weighted by molar-refractivity contribution is 5.79. The van der Waals surface area contributed by atoms with Gasteiger partial charge in [-0.2, -0.15) is 0 Å². The molecule has 9 nitrogen and oxygen atoms in total. The van der Waals surface area contributed by atoms with Crippen LogP contribution in [0.2, 0.25) is 0 Å². The number of imidazole rings is 1. The monoisotopic (exact) mass is 619 g/mol. The van der Waals surface area contributed by atoms with Gasteiger partial charge in [0.1, 0.15) is 11.4 Å². The number of ether oxygens (including phenoxy) is 1. The number of nitrogens with one attached hydrogen (secondary N) is 2. The van der Waals surface area contributed by atoms with E-state index in [2.05, 4.69) is 10.3 Å². The van der Waals surface area contributed by atoms with E-state index in [1.54, 1.807) is 17.2 Å². The van der Waals surface area contributed by atoms with Crippen LogP contribution in [0.5, 0.6) is 0 Å². The Morgan fingerprint density at radius 3 is 2.62 bits per heavy atom. The number of aliphatic hydroxyl groups excluding tert-OH is 1. The van der Waals surface area contributed by atoms with E-state index in [1.807, 2.05) is 48.7 Å². The summed E-state index contributed by atoms with van der Waals surface area (Å²) in [7, 11) is 0. The molecule has 1 saturated heterocycles. The number of nitrogens with zero attached hydrogens (tertiary/aromatic N) is 3. The van der Waals surface area contributed by atoms with Crippen LogP contribution >= 0.6 is 0 Å². The fraction of sp³-hybridized carbons (Fsp3) is 0.441. The Kier molecular flexibility index (Phi) is 8.74. The SMILES string of the molecule is CC(C)(OCCO)c1cnc2n1C[C@H](c1cccc(F)c1F)CC[C@H]2NC(=O)N1CCC(c2cc3ccccc3[nH]c2=O)CC1. The quantitative estimate of drug-likeness (QED) is 0.255. The van der Waals surface area contributed by atoms with Crippen molar-refractivity contribution >= 4 is 16.9 Å². The lowest BCUT2D eigenvalue weighted by atomic mass is 9.89. The number of amides is 2. The van der Waals surface area contributed by atoms with Crippen molar-refractivity contribution < 1.29 is 23.4 Å². The summed E-state index contributed by atoms with van der Waals surface area (Å²) in [4.78, 5) is 35.9. The van der Waals surface area contributed by atoms with E-state index in [0.29, 0.717) is 51.1 Å². The molecule has 0 aliphatic carbocycles. The molecule has 4 heterocycles. The number of benzene rings is 2. The minimum atomic E-state index is -0.895. The molecule has 3 N–H and O–H groups in total. The first-order chi connectivity index (χ1) is 21.7. The van der Waals surface area contributed by atoms with Crippen LogP contribution in [0.1, 0.15) is 80.1 Å². The zero-order valence-electron chi connectivity index (χ0n) is 25.6. The van der Waals surface area contributed by atoms with Crippen LogP contribution in [-0.2, 0) is 16.9 Å². The average Bonchev–Trinajstić information content (AvgIpc) is 3.39. The molecular weight excluding hydrogens is 580 g/mol. The molecule has 2 aromatic carbocycles. The van der Waals surface area contributed by atoms with Crippen LogP contribution in [0.3, 0.4) is 0 Å². The summed E-state index contributed by atoms with van der Waals surface area (Å²) in [5.74, 6) is -1.45. The maximum absolute atomic E-state index is 15.0. The highest BCUT2D eigenvalue weighted by Gasteiger charge is 2.36. The number of H-pyrrole nitrogens is 1. The third-order valence-electron chi connectivity index (χ3n) is 9.30. The number of aromatic nitrogens is 3. The predicted molar refractivity (Wildman–Crippen MR) is 166 cm³/mol. The second kappa shape index (κ2) is 12.7. The molecule has 1 fully saturated rings. The van der Waals surface area contributed by atoms with Crippen molar-refractivity contribution in [1.82, 2.24) is 24.8 Å². The Morgan fingerprint density at radius 2 is 1.84 bits per heavy atom. The number of carbonyl (C=O) groups is 1. The first-order valence-corrected chi connectivity index (χ1v) is 15.6. The number of aromatic amines is 1. The number of pyridine rings is 1. The number of para-hydroxylation sites is 1. The largest absolute Gasteiger partial charge is 0.394 e. The van der Waals surface area contributed by atoms with E-state index in [4.69, 9.17) is 9.72 Å². The number of rotatable bonds is 7. The minimum Gasteiger partial charge on any atom is -0.394 e. The molecular formula is C34H39F2N5O4. The fourth-order valence-electron chi connectivity index (χ4n) is 6.85. The number of aliphatic hydroxyl groups is 1. The lowest BCUT2D eigenvalue weighted by Gasteiger charge is -2.33. The first-order valence-electron chi connectivity index (χ1n) is 15.6. The number of hydrogen-bond donors (Lipinski definition) is 3. The Morgan fingerprint density at radius 1 is 1.07 bits per heavy atom. The Balaban J connectivity index is 1.21. The first kappa shape index (κ1) is 30.9. The van der Waals surface area contributed by atoms with Gasteiger partial charge in [-0.15, -0.1) is 0 Å². The van der Waals surface area contributed by atoms with Crippen LogP contribution in [0.25, 0.3) is 10.9 Å². The van der Waals surface area contributed by atoms with Gasteiger partial charge >= 0.3 is 6.03 Å². The van der Waals surface area contributed by atoms with Crippen LogP contribution in [0, 0.1) is 11.6 Å². The summed E-state index contributed by atoms with van der Waals surface area (Å²) in [6.45, 7) is 5.03. The maximum atomic E-state index is 15.0. The van der Waals surface area contributed by atoms with Crippen LogP contribution in [0.4, 0.5) is 13.6 Å². The molecule has 0 spiro atoms. The van der Waals surface area contributed by atoms with Crippen LogP contribution in [-0.4, -0.2) is 56.9 Å². The van der Waals surface area contributed by atoms with Gasteiger partial charge in [0.05, 0.1) is 31.1 Å². The van der Waals surface area contributed by atoms with Gasteiger partial charge in [-0.1, -0.05) is 30.3 Å². The smallest absolute Gasteiger partial charge is 0.317 e. The molecule has 4 aromatic rings. The highest BCUT2D eigenvalue weighted by Crippen LogP contribution is 2.38. The summed E-state index contributed by atoms with van der Waals surface area (Å²) >= 11 is 0. The average molecular weight is 620 g/mol. The van der Waals surface area contributed by atoms with Crippen molar-refractivity contribution in [2.24, 2.45) is 0 Å². The molecule has 0 bridgehead atoms. The minimum absolute atomic E-state index is 0.0461. The molecule has 0 radical (unpaired) electrons. The Hall–Kier alpha value is -4.09. The maximum Gasteiger partial charge on any atom is 0.317 e. The lowest BCUT2D eigenvalue weighted by molar-refractivity contribution is -0.0421. The molecule has 2 aliphatic heterocycles. The molecule has 2 atom stereocenters. The standard InChI is InChI=1S/C34H39F2N5O4/c1-34(2,45-17-16-42)29-19-37-31-28(11-10-23(20-41(29)31)24-7-5-8-26(35)30(24)36)39-33(44)40-14-12-21(13-15-40)25-18-22-6-3-4-9-27(22)38-32(25)43/h3-9,18-19,21,23,28,42H,10-17,20H2,1-2H3,(H,38,43)(H,39,44)/t23-,28-/m1/s1. The van der Waals surface area contributed by atoms with Crippen molar-refractivity contribution in [1.29, 1.82) is 0 Å². The van der Waals surface area contributed by atoms with Gasteiger partial charge in [-0.05, 0) is 74.6 Å². The highest BCUT2D eigenvalue weighted by atomic mass is 19.2. The van der Waals surface area contributed by atoms with Crippen molar-refractivity contribution in [3.05, 3.63) is 99.4 Å². The number of likely N-dealkylation sites (tertiary alicyclic amines) is 1. The molecule has 238 valence electrons. The number of hydrogen-bond acceptors (Lipinski definition) is 5. The number of piperidine rings is 1. The van der Waals surface area contributed by atoms with Gasteiger partial charge in [0.15, 0.2) is 11.6 Å². The van der Waals surface area contributed by atoms with E-state index in [1.165, 1.54) is 6.07 Å². The van der Waals surface area contributed by atoms with Gasteiger partial charge in [-0.3, -0.25) is 4.79 Å². The Labute approximate surface area is 260 Å². The van der Waals surface area contributed by atoms with E-state index in [-0.39, 0.29) is 42.2 Å². The van der Waals surface area contributed by atoms with E-state index in [0.717, 1.165) is 28.2 Å². The van der Waals surface area contributed by atoms with Crippen LogP contribution in [0.15, 0.2) is 59.5 Å². The van der Waals surface area contributed by atoms with Crippen molar-refractivity contribution in [3.8, 4) is 0 Å². The third-order valence-corrected chi connectivity index (χ3v) is 9.30. The molecule has 45 heavy (non-hydrogen) atoms. The summed E-state index contributed by atoms with van der Waals surface area (Å²) in [5, 5.41) is 13.5. The lowest BCUT2D eigenvalue weighted by Crippen LogP contribution is -2.46. The molecule has 6 rings (SSSR count). The molecule has 11 heteroatoms. The number of carbonyl (C=O) groups excluding carboxylic acids is 1. The topological polar surface area (TPSA) is 112 Å². The van der Waals surface area contributed by atoms with Gasteiger partial charge in [-0.25, -0.2) is 18.6 Å². The van der Waals surface area contributed by atoms with Crippen molar-refractivity contribution in [2.75, 3.05) is 26.3 Å². The number of fused-ring (bicyclic) bond motifs is 2.